The lowest BCUT2D eigenvalue weighted by molar-refractivity contribution is -0.118. The second kappa shape index (κ2) is 11.4. The smallest absolute Gasteiger partial charge is 0.259 e. The van der Waals surface area contributed by atoms with Gasteiger partial charge in [-0.25, -0.2) is 0 Å². The third kappa shape index (κ3) is 5.41. The minimum atomic E-state index is -0.714. The van der Waals surface area contributed by atoms with Crippen LogP contribution in [-0.4, -0.2) is 46.5 Å². The van der Waals surface area contributed by atoms with Crippen molar-refractivity contribution in [2.75, 3.05) is 6.54 Å². The van der Waals surface area contributed by atoms with Crippen molar-refractivity contribution in [3.05, 3.63) is 59.9 Å². The third-order valence-corrected chi connectivity index (χ3v) is 8.64. The number of allylic oxidation sites excluding steroid dienone is 6. The highest BCUT2D eigenvalue weighted by molar-refractivity contribution is 6.27. The van der Waals surface area contributed by atoms with Crippen molar-refractivity contribution in [2.45, 2.75) is 58.1 Å². The number of hydrogen-bond acceptors (Lipinski definition) is 5. The van der Waals surface area contributed by atoms with Crippen molar-refractivity contribution >= 4 is 17.6 Å². The number of nitrogens with one attached hydrogen (secondary N) is 2. The summed E-state index contributed by atoms with van der Waals surface area (Å²) in [5, 5.41) is 27.0. The second-order valence-corrected chi connectivity index (χ2v) is 10.6. The van der Waals surface area contributed by atoms with Crippen LogP contribution in [0.15, 0.2) is 59.9 Å². The van der Waals surface area contributed by atoms with Gasteiger partial charge in [0, 0.05) is 12.6 Å². The van der Waals surface area contributed by atoms with Crippen LogP contribution in [-0.2, 0) is 14.4 Å². The summed E-state index contributed by atoms with van der Waals surface area (Å²) in [6.07, 6.45) is 17.1. The molecule has 2 heterocycles. The largest absolute Gasteiger partial charge is 0.507 e. The van der Waals surface area contributed by atoms with Crippen molar-refractivity contribution < 1.29 is 24.6 Å². The summed E-state index contributed by atoms with van der Waals surface area (Å²) >= 11 is 0. The molecule has 4 aliphatic rings. The molecular weight excluding hydrogens is 456 g/mol. The van der Waals surface area contributed by atoms with Gasteiger partial charge < -0.3 is 20.8 Å². The van der Waals surface area contributed by atoms with Crippen molar-refractivity contribution in [1.29, 1.82) is 0 Å². The number of carbonyl (C=O) groups excluding carboxylic acids is 3. The Labute approximate surface area is 213 Å². The molecule has 7 heteroatoms. The summed E-state index contributed by atoms with van der Waals surface area (Å²) in [6, 6.07) is -0.714. The van der Waals surface area contributed by atoms with E-state index in [1.165, 1.54) is 18.6 Å². The molecule has 36 heavy (non-hydrogen) atoms. The van der Waals surface area contributed by atoms with E-state index in [4.69, 9.17) is 0 Å². The standard InChI is InChI=1S/C29H38N2O5/c1-3-18-15-20-16-19-9-4-7-13-24(34)30-14-8-10-21-28(35)27(29(36)31-21)23(33)12-6-5-11-22(32)26(19)25(20)17(18)2/h4-7,9,11-13,17-22,25-26,32-33H,3,8,10,14-16H2,1-2H3,(H,30,34)(H,31,36)/t17-,18-,19+,20+,21?,22+,25+,26-/m0/s1. The fourth-order valence-electron chi connectivity index (χ4n) is 6.93. The zero-order chi connectivity index (χ0) is 25.8. The van der Waals surface area contributed by atoms with E-state index in [9.17, 15) is 24.6 Å². The normalized spacial score (nSPS) is 37.6. The van der Waals surface area contributed by atoms with Gasteiger partial charge in [-0.05, 0) is 67.3 Å². The molecule has 0 aromatic carbocycles. The van der Waals surface area contributed by atoms with Crippen LogP contribution < -0.4 is 10.6 Å². The minimum Gasteiger partial charge on any atom is -0.507 e. The van der Waals surface area contributed by atoms with Gasteiger partial charge in [0.25, 0.3) is 5.91 Å². The number of carbonyl (C=O) groups is 3. The number of aliphatic hydroxyl groups is 2. The fraction of sp³-hybridized carbons (Fsp3) is 0.552. The van der Waals surface area contributed by atoms with Crippen LogP contribution in [0.25, 0.3) is 0 Å². The minimum absolute atomic E-state index is 0.0603. The van der Waals surface area contributed by atoms with Crippen LogP contribution in [0.1, 0.15) is 46.0 Å². The van der Waals surface area contributed by atoms with Gasteiger partial charge in [-0.2, -0.15) is 0 Å². The Hall–Kier alpha value is -2.93. The molecule has 4 N–H and O–H groups in total. The van der Waals surface area contributed by atoms with Gasteiger partial charge in [0.15, 0.2) is 5.78 Å². The SMILES string of the molecule is CC[C@H]1C[C@@H]2C[C@H]3C=CC=CC(=O)NCCCC4NC(=O)C(=C(O)C=CC=C[C@@H](O)[C@H]3[C@@H]2[C@H]1C)C4=O. The van der Waals surface area contributed by atoms with Gasteiger partial charge in [-0.1, -0.05) is 56.7 Å². The van der Waals surface area contributed by atoms with Crippen LogP contribution >= 0.6 is 0 Å². The molecule has 1 saturated heterocycles. The first-order valence-electron chi connectivity index (χ1n) is 13.3. The zero-order valence-electron chi connectivity index (χ0n) is 21.1. The molecule has 2 saturated carbocycles. The maximum absolute atomic E-state index is 12.6. The maximum atomic E-state index is 12.6. The molecule has 194 valence electrons. The molecule has 4 rings (SSSR count). The van der Waals surface area contributed by atoms with E-state index >= 15 is 0 Å². The topological polar surface area (TPSA) is 116 Å². The van der Waals surface area contributed by atoms with Crippen LogP contribution in [0.4, 0.5) is 0 Å². The number of rotatable bonds is 1. The summed E-state index contributed by atoms with van der Waals surface area (Å²) in [4.78, 5) is 37.1. The summed E-state index contributed by atoms with van der Waals surface area (Å²) in [5.41, 5.74) is -0.249. The van der Waals surface area contributed by atoms with E-state index in [2.05, 4.69) is 30.6 Å². The molecule has 8 atom stereocenters. The quantitative estimate of drug-likeness (QED) is 0.418. The molecule has 0 radical (unpaired) electrons. The average molecular weight is 495 g/mol. The Morgan fingerprint density at radius 3 is 2.53 bits per heavy atom. The third-order valence-electron chi connectivity index (χ3n) is 8.64. The van der Waals surface area contributed by atoms with Crippen LogP contribution in [0.5, 0.6) is 0 Å². The second-order valence-electron chi connectivity index (χ2n) is 10.6. The lowest BCUT2D eigenvalue weighted by Gasteiger charge is -2.30. The van der Waals surface area contributed by atoms with E-state index in [0.29, 0.717) is 43.1 Å². The van der Waals surface area contributed by atoms with Gasteiger partial charge in [0.2, 0.25) is 5.91 Å². The first-order chi connectivity index (χ1) is 17.3. The molecule has 7 nitrogen and oxygen atoms in total. The lowest BCUT2D eigenvalue weighted by atomic mass is 9.76. The van der Waals surface area contributed by atoms with E-state index in [0.717, 1.165) is 12.8 Å². The van der Waals surface area contributed by atoms with Gasteiger partial charge in [0.05, 0.1) is 12.1 Å². The van der Waals surface area contributed by atoms with Crippen LogP contribution in [0.2, 0.25) is 0 Å². The van der Waals surface area contributed by atoms with Gasteiger partial charge in [-0.15, -0.1) is 0 Å². The summed E-state index contributed by atoms with van der Waals surface area (Å²) in [6.45, 7) is 4.92. The molecule has 1 unspecified atom stereocenters. The highest BCUT2D eigenvalue weighted by Gasteiger charge is 2.52. The number of amides is 2. The molecule has 0 aromatic rings. The average Bonchev–Trinajstić information content (AvgIpc) is 3.45. The maximum Gasteiger partial charge on any atom is 0.259 e. The summed E-state index contributed by atoms with van der Waals surface area (Å²) in [5.74, 6) is 0.815. The van der Waals surface area contributed by atoms with Crippen molar-refractivity contribution in [2.24, 2.45) is 35.5 Å². The Morgan fingerprint density at radius 1 is 1.00 bits per heavy atom. The highest BCUT2D eigenvalue weighted by Crippen LogP contribution is 2.57. The highest BCUT2D eigenvalue weighted by atomic mass is 16.3. The zero-order valence-corrected chi connectivity index (χ0v) is 21.1. The number of fused-ring (bicyclic) bond motifs is 5. The Kier molecular flexibility index (Phi) is 8.29. The molecule has 0 spiro atoms. The van der Waals surface area contributed by atoms with Gasteiger partial charge in [0.1, 0.15) is 11.3 Å². The Morgan fingerprint density at radius 2 is 1.75 bits per heavy atom. The fourth-order valence-corrected chi connectivity index (χ4v) is 6.93. The first kappa shape index (κ1) is 26.1. The molecule has 0 aromatic heterocycles. The number of hydrogen-bond donors (Lipinski definition) is 4. The van der Waals surface area contributed by atoms with Crippen molar-refractivity contribution in [3.63, 3.8) is 0 Å². The van der Waals surface area contributed by atoms with E-state index in [1.807, 2.05) is 6.08 Å². The van der Waals surface area contributed by atoms with E-state index in [-0.39, 0.29) is 29.1 Å². The summed E-state index contributed by atoms with van der Waals surface area (Å²) < 4.78 is 0. The monoisotopic (exact) mass is 494 g/mol. The predicted molar refractivity (Wildman–Crippen MR) is 138 cm³/mol. The van der Waals surface area contributed by atoms with Gasteiger partial charge in [-0.3, -0.25) is 14.4 Å². The first-order valence-corrected chi connectivity index (χ1v) is 13.3. The molecule has 2 amide bonds. The van der Waals surface area contributed by atoms with Crippen molar-refractivity contribution in [1.82, 2.24) is 10.6 Å². The van der Waals surface area contributed by atoms with Crippen LogP contribution in [0, 0.1) is 35.5 Å². The van der Waals surface area contributed by atoms with Gasteiger partial charge >= 0.3 is 0 Å². The molecule has 2 aliphatic carbocycles. The van der Waals surface area contributed by atoms with E-state index < -0.39 is 23.8 Å². The molecule has 3 fully saturated rings. The summed E-state index contributed by atoms with van der Waals surface area (Å²) in [7, 11) is 0. The number of aliphatic hydroxyl groups excluding tert-OH is 2. The molecule has 2 aliphatic heterocycles. The number of Topliss-reactive ketones (excluding diaryl/α,β-unsaturated/α-hetero) is 1. The number of ketones is 1. The van der Waals surface area contributed by atoms with Crippen LogP contribution in [0.3, 0.4) is 0 Å². The molecule has 2 bridgehead atoms. The Bertz CT molecular complexity index is 1020. The lowest BCUT2D eigenvalue weighted by Crippen LogP contribution is -2.31. The predicted octanol–water partition coefficient (Wildman–Crippen LogP) is 3.30. The Balaban J connectivity index is 1.60. The molecular formula is C29H38N2O5. The van der Waals surface area contributed by atoms with Crippen molar-refractivity contribution in [3.8, 4) is 0 Å². The van der Waals surface area contributed by atoms with E-state index in [1.54, 1.807) is 24.3 Å².